The molecule has 1 aromatic rings. The van der Waals surface area contributed by atoms with Crippen LogP contribution in [0.3, 0.4) is 0 Å². The number of methoxy groups -OCH3 is 2. The number of benzene rings is 1. The summed E-state index contributed by atoms with van der Waals surface area (Å²) in [6.07, 6.45) is 2.79. The summed E-state index contributed by atoms with van der Waals surface area (Å²) in [6, 6.07) is 5.41. The maximum Gasteiger partial charge on any atom is 0.315 e. The van der Waals surface area contributed by atoms with Crippen molar-refractivity contribution in [2.24, 2.45) is 0 Å². The van der Waals surface area contributed by atoms with Crippen molar-refractivity contribution >= 4 is 6.03 Å². The van der Waals surface area contributed by atoms with Crippen molar-refractivity contribution in [2.75, 3.05) is 27.4 Å². The predicted octanol–water partition coefficient (Wildman–Crippen LogP) is 2.63. The molecule has 0 bridgehead atoms. The number of urea groups is 1. The minimum absolute atomic E-state index is 0.165. The van der Waals surface area contributed by atoms with Crippen LogP contribution in [0.5, 0.6) is 11.5 Å². The van der Waals surface area contributed by atoms with E-state index >= 15 is 0 Å². The van der Waals surface area contributed by atoms with Gasteiger partial charge in [-0.05, 0) is 38.3 Å². The number of nitrogens with one attached hydrogen (secondary N) is 2. The van der Waals surface area contributed by atoms with Crippen LogP contribution in [-0.2, 0) is 4.74 Å². The van der Waals surface area contributed by atoms with E-state index in [4.69, 9.17) is 14.2 Å². The van der Waals surface area contributed by atoms with Crippen molar-refractivity contribution in [3.63, 3.8) is 0 Å². The fraction of sp³-hybridized carbons (Fsp3) is 0.588. The first-order valence-corrected chi connectivity index (χ1v) is 8.00. The SMILES string of the molecule is COc1ccc([C@@H](C)NC(=O)NC2CCCOCC2)c(OC)c1. The fourth-order valence-corrected chi connectivity index (χ4v) is 2.73. The summed E-state index contributed by atoms with van der Waals surface area (Å²) in [5, 5.41) is 5.99. The molecule has 1 fully saturated rings. The van der Waals surface area contributed by atoms with Gasteiger partial charge >= 0.3 is 6.03 Å². The van der Waals surface area contributed by atoms with Gasteiger partial charge in [0.15, 0.2) is 0 Å². The van der Waals surface area contributed by atoms with Crippen molar-refractivity contribution < 1.29 is 19.0 Å². The molecule has 0 aromatic heterocycles. The molecule has 0 saturated carbocycles. The van der Waals surface area contributed by atoms with Crippen LogP contribution < -0.4 is 20.1 Å². The Bertz CT molecular complexity index is 513. The van der Waals surface area contributed by atoms with Gasteiger partial charge in [0, 0.05) is 30.9 Å². The van der Waals surface area contributed by atoms with Gasteiger partial charge in [-0.1, -0.05) is 0 Å². The molecule has 1 aromatic carbocycles. The quantitative estimate of drug-likeness (QED) is 0.874. The number of amides is 2. The summed E-state index contributed by atoms with van der Waals surface area (Å²) in [5.41, 5.74) is 0.910. The molecule has 1 saturated heterocycles. The zero-order valence-corrected chi connectivity index (χ0v) is 14.1. The minimum atomic E-state index is -0.169. The summed E-state index contributed by atoms with van der Waals surface area (Å²) < 4.78 is 16.0. The van der Waals surface area contributed by atoms with E-state index in [1.165, 1.54) is 0 Å². The average molecular weight is 322 g/mol. The van der Waals surface area contributed by atoms with Crippen LogP contribution in [0.2, 0.25) is 0 Å². The number of ether oxygens (including phenoxy) is 3. The fourth-order valence-electron chi connectivity index (χ4n) is 2.73. The van der Waals surface area contributed by atoms with Crippen LogP contribution in [0.15, 0.2) is 18.2 Å². The van der Waals surface area contributed by atoms with E-state index in [2.05, 4.69) is 10.6 Å². The van der Waals surface area contributed by atoms with Crippen LogP contribution in [0.4, 0.5) is 4.79 Å². The Labute approximate surface area is 137 Å². The molecule has 6 heteroatoms. The highest BCUT2D eigenvalue weighted by Gasteiger charge is 2.18. The lowest BCUT2D eigenvalue weighted by atomic mass is 10.1. The van der Waals surface area contributed by atoms with E-state index in [0.717, 1.165) is 37.2 Å². The van der Waals surface area contributed by atoms with Crippen molar-refractivity contribution in [3.8, 4) is 11.5 Å². The maximum atomic E-state index is 12.2. The molecule has 0 radical (unpaired) electrons. The van der Waals surface area contributed by atoms with Gasteiger partial charge in [-0.25, -0.2) is 4.79 Å². The molecule has 0 aliphatic carbocycles. The second-order valence-corrected chi connectivity index (χ2v) is 5.69. The van der Waals surface area contributed by atoms with Gasteiger partial charge in [-0.3, -0.25) is 0 Å². The number of carbonyl (C=O) groups is 1. The molecule has 1 heterocycles. The zero-order chi connectivity index (χ0) is 16.7. The lowest BCUT2D eigenvalue weighted by Crippen LogP contribution is -2.43. The van der Waals surface area contributed by atoms with E-state index in [9.17, 15) is 4.79 Å². The molecule has 1 aliphatic heterocycles. The smallest absolute Gasteiger partial charge is 0.315 e. The molecule has 2 amide bonds. The lowest BCUT2D eigenvalue weighted by molar-refractivity contribution is 0.142. The van der Waals surface area contributed by atoms with Crippen LogP contribution >= 0.6 is 0 Å². The standard InChI is InChI=1S/C17H26N2O4/c1-12(15-7-6-14(21-2)11-16(15)22-3)18-17(20)19-13-5-4-9-23-10-8-13/h6-7,11-13H,4-5,8-10H2,1-3H3,(H2,18,19,20)/t12-,13?/m1/s1. The topological polar surface area (TPSA) is 68.8 Å². The third-order valence-electron chi connectivity index (χ3n) is 4.04. The van der Waals surface area contributed by atoms with E-state index in [1.54, 1.807) is 14.2 Å². The van der Waals surface area contributed by atoms with E-state index < -0.39 is 0 Å². The molecule has 1 unspecified atom stereocenters. The average Bonchev–Trinajstić information content (AvgIpc) is 2.82. The van der Waals surface area contributed by atoms with E-state index in [-0.39, 0.29) is 18.1 Å². The molecule has 2 N–H and O–H groups in total. The summed E-state index contributed by atoms with van der Waals surface area (Å²) in [4.78, 5) is 12.2. The van der Waals surface area contributed by atoms with Gasteiger partial charge in [0.05, 0.1) is 20.3 Å². The van der Waals surface area contributed by atoms with Crippen molar-refractivity contribution in [1.82, 2.24) is 10.6 Å². The highest BCUT2D eigenvalue weighted by Crippen LogP contribution is 2.29. The highest BCUT2D eigenvalue weighted by atomic mass is 16.5. The van der Waals surface area contributed by atoms with Crippen LogP contribution in [0.1, 0.15) is 37.8 Å². The predicted molar refractivity (Wildman–Crippen MR) is 88.1 cm³/mol. The summed E-state index contributed by atoms with van der Waals surface area (Å²) in [5.74, 6) is 1.42. The molecule has 0 spiro atoms. The highest BCUT2D eigenvalue weighted by molar-refractivity contribution is 5.75. The second-order valence-electron chi connectivity index (χ2n) is 5.69. The Hall–Kier alpha value is -1.95. The van der Waals surface area contributed by atoms with Crippen molar-refractivity contribution in [3.05, 3.63) is 23.8 Å². The van der Waals surface area contributed by atoms with Gasteiger partial charge in [0.25, 0.3) is 0 Å². The zero-order valence-electron chi connectivity index (χ0n) is 14.1. The van der Waals surface area contributed by atoms with Crippen LogP contribution in [-0.4, -0.2) is 39.5 Å². The van der Waals surface area contributed by atoms with Crippen molar-refractivity contribution in [2.45, 2.75) is 38.3 Å². The van der Waals surface area contributed by atoms with E-state index in [0.29, 0.717) is 12.4 Å². The molecule has 1 aliphatic rings. The Kier molecular flexibility index (Phi) is 6.52. The first kappa shape index (κ1) is 17.4. The van der Waals surface area contributed by atoms with Crippen LogP contribution in [0.25, 0.3) is 0 Å². The van der Waals surface area contributed by atoms with Gasteiger partial charge in [-0.15, -0.1) is 0 Å². The molecule has 128 valence electrons. The largest absolute Gasteiger partial charge is 0.497 e. The van der Waals surface area contributed by atoms with Crippen LogP contribution in [0, 0.1) is 0 Å². The first-order valence-electron chi connectivity index (χ1n) is 8.00. The summed E-state index contributed by atoms with van der Waals surface area (Å²) >= 11 is 0. The second kappa shape index (κ2) is 8.62. The number of hydrogen-bond donors (Lipinski definition) is 2. The maximum absolute atomic E-state index is 12.2. The van der Waals surface area contributed by atoms with Gasteiger partial charge < -0.3 is 24.8 Å². The number of rotatable bonds is 5. The van der Waals surface area contributed by atoms with Gasteiger partial charge in [-0.2, -0.15) is 0 Å². The molecule has 23 heavy (non-hydrogen) atoms. The molecule has 2 rings (SSSR count). The molecule has 2 atom stereocenters. The monoisotopic (exact) mass is 322 g/mol. The van der Waals surface area contributed by atoms with Gasteiger partial charge in [0.1, 0.15) is 11.5 Å². The van der Waals surface area contributed by atoms with E-state index in [1.807, 2.05) is 25.1 Å². The summed E-state index contributed by atoms with van der Waals surface area (Å²) in [7, 11) is 3.22. The summed E-state index contributed by atoms with van der Waals surface area (Å²) in [6.45, 7) is 3.41. The number of carbonyl (C=O) groups excluding carboxylic acids is 1. The third kappa shape index (κ3) is 5.03. The lowest BCUT2D eigenvalue weighted by Gasteiger charge is -2.21. The Morgan fingerprint density at radius 1 is 1.26 bits per heavy atom. The minimum Gasteiger partial charge on any atom is -0.497 e. The Morgan fingerprint density at radius 3 is 2.83 bits per heavy atom. The molecule has 6 nitrogen and oxygen atoms in total. The molecular formula is C17H26N2O4. The third-order valence-corrected chi connectivity index (χ3v) is 4.04. The van der Waals surface area contributed by atoms with Crippen molar-refractivity contribution in [1.29, 1.82) is 0 Å². The van der Waals surface area contributed by atoms with Gasteiger partial charge in [0.2, 0.25) is 0 Å². The Balaban J connectivity index is 1.95. The number of hydrogen-bond acceptors (Lipinski definition) is 4. The normalized spacial score (nSPS) is 19.3. The molecular weight excluding hydrogens is 296 g/mol. The first-order chi connectivity index (χ1) is 11.1. The Morgan fingerprint density at radius 2 is 2.09 bits per heavy atom.